The van der Waals surface area contributed by atoms with Crippen LogP contribution in [0.4, 0.5) is 4.39 Å². The van der Waals surface area contributed by atoms with E-state index in [-0.39, 0.29) is 5.82 Å². The van der Waals surface area contributed by atoms with E-state index in [4.69, 9.17) is 0 Å². The number of nitrogens with one attached hydrogen (secondary N) is 1. The summed E-state index contributed by atoms with van der Waals surface area (Å²) < 4.78 is 13.8. The van der Waals surface area contributed by atoms with Crippen LogP contribution in [0.25, 0.3) is 0 Å². The Bertz CT molecular complexity index is 308. The van der Waals surface area contributed by atoms with E-state index < -0.39 is 0 Å². The van der Waals surface area contributed by atoms with E-state index in [1.54, 1.807) is 6.07 Å². The van der Waals surface area contributed by atoms with Crippen molar-refractivity contribution in [1.82, 2.24) is 5.32 Å². The molecule has 70 valence electrons. The summed E-state index contributed by atoms with van der Waals surface area (Å²) in [5.74, 6) is -0.147. The van der Waals surface area contributed by atoms with Crippen LogP contribution in [0, 0.1) is 9.39 Å². The lowest BCUT2D eigenvalue weighted by molar-refractivity contribution is 0.614. The Morgan fingerprint density at radius 3 is 2.92 bits per heavy atom. The lowest BCUT2D eigenvalue weighted by Gasteiger charge is -2.12. The molecule has 1 aromatic carbocycles. The maximum atomic E-state index is 12.8. The Morgan fingerprint density at radius 1 is 1.46 bits per heavy atom. The van der Waals surface area contributed by atoms with Crippen LogP contribution in [0.3, 0.4) is 0 Å². The molecule has 1 atom stereocenters. The first kappa shape index (κ1) is 9.40. The summed E-state index contributed by atoms with van der Waals surface area (Å²) in [5, 5.41) is 3.41. The minimum absolute atomic E-state index is 0.147. The largest absolute Gasteiger partial charge is 0.310 e. The molecule has 13 heavy (non-hydrogen) atoms. The van der Waals surface area contributed by atoms with E-state index in [2.05, 4.69) is 27.9 Å². The molecule has 0 amide bonds. The van der Waals surface area contributed by atoms with E-state index in [0.29, 0.717) is 6.04 Å². The second-order valence-corrected chi connectivity index (χ2v) is 4.48. The van der Waals surface area contributed by atoms with Gasteiger partial charge in [-0.3, -0.25) is 0 Å². The molecule has 3 heteroatoms. The highest BCUT2D eigenvalue weighted by molar-refractivity contribution is 14.1. The second-order valence-electron chi connectivity index (χ2n) is 3.31. The lowest BCUT2D eigenvalue weighted by Crippen LogP contribution is -2.14. The molecule has 2 rings (SSSR count). The smallest absolute Gasteiger partial charge is 0.124 e. The minimum Gasteiger partial charge on any atom is -0.310 e. The van der Waals surface area contributed by atoms with Crippen molar-refractivity contribution in [3.05, 3.63) is 33.1 Å². The zero-order valence-corrected chi connectivity index (χ0v) is 9.34. The first-order valence-corrected chi connectivity index (χ1v) is 5.53. The summed E-state index contributed by atoms with van der Waals surface area (Å²) in [6.45, 7) is 1.08. The predicted octanol–water partition coefficient (Wildman–Crippen LogP) is 2.85. The molecular formula is C10H11FIN. The monoisotopic (exact) mass is 291 g/mol. The van der Waals surface area contributed by atoms with E-state index >= 15 is 0 Å². The van der Waals surface area contributed by atoms with Gasteiger partial charge in [-0.25, -0.2) is 4.39 Å². The van der Waals surface area contributed by atoms with Crippen molar-refractivity contribution in [1.29, 1.82) is 0 Å². The van der Waals surface area contributed by atoms with Gasteiger partial charge < -0.3 is 5.32 Å². The maximum absolute atomic E-state index is 12.8. The molecule has 0 spiro atoms. The van der Waals surface area contributed by atoms with Gasteiger partial charge in [0, 0.05) is 9.61 Å². The van der Waals surface area contributed by atoms with Crippen molar-refractivity contribution < 1.29 is 4.39 Å². The quantitative estimate of drug-likeness (QED) is 0.785. The van der Waals surface area contributed by atoms with Gasteiger partial charge in [0.2, 0.25) is 0 Å². The molecule has 0 bridgehead atoms. The van der Waals surface area contributed by atoms with Gasteiger partial charge in [-0.15, -0.1) is 0 Å². The number of halogens is 2. The van der Waals surface area contributed by atoms with E-state index in [1.807, 2.05) is 6.07 Å². The minimum atomic E-state index is -0.147. The number of benzene rings is 1. The van der Waals surface area contributed by atoms with Gasteiger partial charge in [0.05, 0.1) is 0 Å². The molecule has 0 unspecified atom stereocenters. The first-order valence-electron chi connectivity index (χ1n) is 4.46. The third kappa shape index (κ3) is 2.02. The Hall–Kier alpha value is -0.160. The fourth-order valence-corrected chi connectivity index (χ4v) is 2.59. The summed E-state index contributed by atoms with van der Waals surface area (Å²) >= 11 is 2.20. The summed E-state index contributed by atoms with van der Waals surface area (Å²) in [5.41, 5.74) is 1.24. The zero-order chi connectivity index (χ0) is 9.26. The summed E-state index contributed by atoms with van der Waals surface area (Å²) in [7, 11) is 0. The Balaban J connectivity index is 2.29. The van der Waals surface area contributed by atoms with Crippen LogP contribution in [-0.4, -0.2) is 6.54 Å². The van der Waals surface area contributed by atoms with Crippen LogP contribution >= 0.6 is 22.6 Å². The molecule has 1 aliphatic rings. The molecule has 1 heterocycles. The highest BCUT2D eigenvalue weighted by Gasteiger charge is 2.18. The summed E-state index contributed by atoms with van der Waals surface area (Å²) in [4.78, 5) is 0. The number of hydrogen-bond donors (Lipinski definition) is 1. The van der Waals surface area contributed by atoms with E-state index in [9.17, 15) is 4.39 Å². The van der Waals surface area contributed by atoms with Crippen LogP contribution < -0.4 is 5.32 Å². The molecular weight excluding hydrogens is 280 g/mol. The van der Waals surface area contributed by atoms with Crippen molar-refractivity contribution in [3.8, 4) is 0 Å². The third-order valence-electron chi connectivity index (χ3n) is 2.40. The highest BCUT2D eigenvalue weighted by Crippen LogP contribution is 2.27. The molecule has 1 aromatic rings. The van der Waals surface area contributed by atoms with Gasteiger partial charge >= 0.3 is 0 Å². The van der Waals surface area contributed by atoms with Crippen LogP contribution in [0.1, 0.15) is 24.4 Å². The van der Waals surface area contributed by atoms with Crippen molar-refractivity contribution in [2.45, 2.75) is 18.9 Å². The SMILES string of the molecule is Fc1ccc([C@@H]2CCCN2)c(I)c1. The molecule has 0 aliphatic carbocycles. The normalized spacial score (nSPS) is 22.2. The van der Waals surface area contributed by atoms with Gasteiger partial charge in [-0.2, -0.15) is 0 Å². The molecule has 1 fully saturated rings. The van der Waals surface area contributed by atoms with Gasteiger partial charge in [0.15, 0.2) is 0 Å². The van der Waals surface area contributed by atoms with Crippen LogP contribution in [0.5, 0.6) is 0 Å². The molecule has 1 N–H and O–H groups in total. The van der Waals surface area contributed by atoms with Crippen molar-refractivity contribution >= 4 is 22.6 Å². The molecule has 0 aromatic heterocycles. The van der Waals surface area contributed by atoms with Gasteiger partial charge in [0.1, 0.15) is 5.82 Å². The summed E-state index contributed by atoms with van der Waals surface area (Å²) in [6.07, 6.45) is 2.39. The second kappa shape index (κ2) is 3.92. The summed E-state index contributed by atoms with van der Waals surface area (Å²) in [6, 6.07) is 5.46. The first-order chi connectivity index (χ1) is 6.27. The predicted molar refractivity (Wildman–Crippen MR) is 59.1 cm³/mol. The molecule has 1 saturated heterocycles. The average molecular weight is 291 g/mol. The van der Waals surface area contributed by atoms with Gasteiger partial charge in [0.25, 0.3) is 0 Å². The fourth-order valence-electron chi connectivity index (χ4n) is 1.73. The Labute approximate surface area is 90.9 Å². The zero-order valence-electron chi connectivity index (χ0n) is 7.19. The third-order valence-corrected chi connectivity index (χ3v) is 3.33. The van der Waals surface area contributed by atoms with Gasteiger partial charge in [-0.05, 0) is 59.7 Å². The maximum Gasteiger partial charge on any atom is 0.124 e. The number of rotatable bonds is 1. The molecule has 0 radical (unpaired) electrons. The number of hydrogen-bond acceptors (Lipinski definition) is 1. The van der Waals surface area contributed by atoms with Gasteiger partial charge in [-0.1, -0.05) is 6.07 Å². The van der Waals surface area contributed by atoms with E-state index in [1.165, 1.54) is 24.5 Å². The van der Waals surface area contributed by atoms with Crippen LogP contribution in [0.2, 0.25) is 0 Å². The fraction of sp³-hybridized carbons (Fsp3) is 0.400. The highest BCUT2D eigenvalue weighted by atomic mass is 127. The molecule has 1 aliphatic heterocycles. The Morgan fingerprint density at radius 2 is 2.31 bits per heavy atom. The van der Waals surface area contributed by atoms with E-state index in [0.717, 1.165) is 10.1 Å². The van der Waals surface area contributed by atoms with Crippen molar-refractivity contribution in [2.24, 2.45) is 0 Å². The topological polar surface area (TPSA) is 12.0 Å². The van der Waals surface area contributed by atoms with Crippen LogP contribution in [-0.2, 0) is 0 Å². The molecule has 0 saturated carbocycles. The molecule has 1 nitrogen and oxygen atoms in total. The van der Waals surface area contributed by atoms with Crippen LogP contribution in [0.15, 0.2) is 18.2 Å². The lowest BCUT2D eigenvalue weighted by atomic mass is 10.1. The standard InChI is InChI=1S/C10H11FIN/c11-7-3-4-8(9(12)6-7)10-2-1-5-13-10/h3-4,6,10,13H,1-2,5H2/t10-/m0/s1. The van der Waals surface area contributed by atoms with Crippen molar-refractivity contribution in [3.63, 3.8) is 0 Å². The van der Waals surface area contributed by atoms with Crippen molar-refractivity contribution in [2.75, 3.05) is 6.54 Å². The average Bonchev–Trinajstić information content (AvgIpc) is 2.56. The Kier molecular flexibility index (Phi) is 2.83.